The second kappa shape index (κ2) is 5.39. The zero-order valence-electron chi connectivity index (χ0n) is 11.3. The van der Waals surface area contributed by atoms with Gasteiger partial charge < -0.3 is 10.4 Å². The lowest BCUT2D eigenvalue weighted by atomic mass is 10.4. The van der Waals surface area contributed by atoms with Crippen molar-refractivity contribution in [2.24, 2.45) is 0 Å². The maximum atomic E-state index is 11.7. The Kier molecular flexibility index (Phi) is 3.43. The van der Waals surface area contributed by atoms with Crippen molar-refractivity contribution in [2.75, 3.05) is 5.32 Å². The Morgan fingerprint density at radius 3 is 2.95 bits per heavy atom. The maximum absolute atomic E-state index is 11.7. The molecule has 1 aliphatic carbocycles. The van der Waals surface area contributed by atoms with Crippen LogP contribution in [0.5, 0.6) is 0 Å². The summed E-state index contributed by atoms with van der Waals surface area (Å²) >= 11 is 0. The van der Waals surface area contributed by atoms with Crippen LogP contribution in [0.2, 0.25) is 0 Å². The summed E-state index contributed by atoms with van der Waals surface area (Å²) in [5, 5.41) is 16.1. The first-order chi connectivity index (χ1) is 10.1. The fourth-order valence-corrected chi connectivity index (χ4v) is 1.98. The molecule has 0 bridgehead atoms. The highest BCUT2D eigenvalue weighted by atomic mass is 16.4. The molecule has 21 heavy (non-hydrogen) atoms. The minimum absolute atomic E-state index is 0.391. The minimum atomic E-state index is -1.08. The van der Waals surface area contributed by atoms with E-state index in [1.807, 2.05) is 16.9 Å². The highest BCUT2D eigenvalue weighted by Gasteiger charge is 2.24. The molecule has 0 unspecified atom stereocenters. The van der Waals surface area contributed by atoms with E-state index in [1.54, 1.807) is 0 Å². The first kappa shape index (κ1) is 13.3. The van der Waals surface area contributed by atoms with E-state index in [2.05, 4.69) is 15.4 Å². The third-order valence-electron chi connectivity index (χ3n) is 3.22. The fraction of sp³-hybridized carbons (Fsp3) is 0.385. The molecule has 0 spiro atoms. The zero-order chi connectivity index (χ0) is 14.8. The molecule has 2 aromatic heterocycles. The van der Waals surface area contributed by atoms with Crippen LogP contribution < -0.4 is 10.9 Å². The largest absolute Gasteiger partial charge is 0.480 e. The van der Waals surface area contributed by atoms with Gasteiger partial charge in [0, 0.05) is 12.3 Å². The van der Waals surface area contributed by atoms with Crippen LogP contribution in [0.4, 0.5) is 5.82 Å². The van der Waals surface area contributed by atoms with E-state index >= 15 is 0 Å². The third kappa shape index (κ3) is 3.28. The second-order valence-electron chi connectivity index (χ2n) is 5.01. The van der Waals surface area contributed by atoms with E-state index in [9.17, 15) is 9.59 Å². The van der Waals surface area contributed by atoms with Crippen LogP contribution >= 0.6 is 0 Å². The standard InChI is InChI=1S/C13H15N5O3/c19-12-5-11(15-8-17(12)7-13(20)21)14-6-9-3-4-18(16-9)10-1-2-10/h3-5,8,10,14H,1-2,6-7H2,(H,20,21). The summed E-state index contributed by atoms with van der Waals surface area (Å²) in [4.78, 5) is 26.3. The minimum Gasteiger partial charge on any atom is -0.480 e. The molecular weight excluding hydrogens is 274 g/mol. The molecule has 0 radical (unpaired) electrons. The van der Waals surface area contributed by atoms with Crippen molar-refractivity contribution in [1.82, 2.24) is 19.3 Å². The summed E-state index contributed by atoms with van der Waals surface area (Å²) in [6.45, 7) is 0.0764. The van der Waals surface area contributed by atoms with E-state index in [4.69, 9.17) is 5.11 Å². The number of hydrogen-bond acceptors (Lipinski definition) is 5. The molecule has 8 heteroatoms. The van der Waals surface area contributed by atoms with Crippen LogP contribution in [0, 0.1) is 0 Å². The highest BCUT2D eigenvalue weighted by Crippen LogP contribution is 2.33. The van der Waals surface area contributed by atoms with Gasteiger partial charge in [-0.05, 0) is 18.9 Å². The van der Waals surface area contributed by atoms with E-state index < -0.39 is 18.1 Å². The number of aromatic nitrogens is 4. The summed E-state index contributed by atoms with van der Waals surface area (Å²) in [7, 11) is 0. The average Bonchev–Trinajstić information content (AvgIpc) is 3.18. The van der Waals surface area contributed by atoms with E-state index in [-0.39, 0.29) is 0 Å². The third-order valence-corrected chi connectivity index (χ3v) is 3.22. The topological polar surface area (TPSA) is 102 Å². The Morgan fingerprint density at radius 1 is 1.48 bits per heavy atom. The van der Waals surface area contributed by atoms with Crippen molar-refractivity contribution >= 4 is 11.8 Å². The zero-order valence-corrected chi connectivity index (χ0v) is 11.3. The number of aliphatic carboxylic acids is 1. The van der Waals surface area contributed by atoms with Gasteiger partial charge in [0.15, 0.2) is 0 Å². The molecule has 2 aromatic rings. The van der Waals surface area contributed by atoms with E-state index in [0.29, 0.717) is 18.4 Å². The summed E-state index contributed by atoms with van der Waals surface area (Å²) in [6.07, 6.45) is 5.53. The Bertz CT molecular complexity index is 717. The number of hydrogen-bond donors (Lipinski definition) is 2. The van der Waals surface area contributed by atoms with Crippen molar-refractivity contribution in [1.29, 1.82) is 0 Å². The van der Waals surface area contributed by atoms with Gasteiger partial charge in [0.1, 0.15) is 18.7 Å². The molecule has 1 saturated carbocycles. The highest BCUT2D eigenvalue weighted by molar-refractivity contribution is 5.66. The van der Waals surface area contributed by atoms with Gasteiger partial charge in [-0.25, -0.2) is 4.98 Å². The van der Waals surface area contributed by atoms with Gasteiger partial charge in [-0.2, -0.15) is 5.10 Å². The number of anilines is 1. The first-order valence-electron chi connectivity index (χ1n) is 6.68. The van der Waals surface area contributed by atoms with Gasteiger partial charge in [-0.3, -0.25) is 18.8 Å². The lowest BCUT2D eigenvalue weighted by Crippen LogP contribution is -2.24. The van der Waals surface area contributed by atoms with Gasteiger partial charge >= 0.3 is 5.97 Å². The number of carboxylic acids is 1. The van der Waals surface area contributed by atoms with Crippen molar-refractivity contribution in [3.63, 3.8) is 0 Å². The fourth-order valence-electron chi connectivity index (χ4n) is 1.98. The Morgan fingerprint density at radius 2 is 2.29 bits per heavy atom. The van der Waals surface area contributed by atoms with Crippen LogP contribution in [-0.2, 0) is 17.9 Å². The molecule has 3 rings (SSSR count). The smallest absolute Gasteiger partial charge is 0.323 e. The number of carboxylic acid groups (broad SMARTS) is 1. The Hall–Kier alpha value is -2.64. The molecule has 1 fully saturated rings. The molecule has 0 saturated heterocycles. The van der Waals surface area contributed by atoms with Gasteiger partial charge in [-0.15, -0.1) is 0 Å². The molecule has 1 aliphatic rings. The monoisotopic (exact) mass is 289 g/mol. The second-order valence-corrected chi connectivity index (χ2v) is 5.01. The van der Waals surface area contributed by atoms with Crippen molar-refractivity contribution in [3.05, 3.63) is 40.7 Å². The quantitative estimate of drug-likeness (QED) is 0.801. The summed E-state index contributed by atoms with van der Waals surface area (Å²) in [6, 6.07) is 3.74. The van der Waals surface area contributed by atoms with Crippen LogP contribution in [-0.4, -0.2) is 30.4 Å². The van der Waals surface area contributed by atoms with Crippen LogP contribution in [0.1, 0.15) is 24.6 Å². The van der Waals surface area contributed by atoms with Crippen LogP contribution in [0.3, 0.4) is 0 Å². The number of carbonyl (C=O) groups is 1. The molecule has 8 nitrogen and oxygen atoms in total. The first-order valence-corrected chi connectivity index (χ1v) is 6.68. The molecule has 2 heterocycles. The average molecular weight is 289 g/mol. The predicted molar refractivity (Wildman–Crippen MR) is 74.0 cm³/mol. The van der Waals surface area contributed by atoms with Gasteiger partial charge in [0.25, 0.3) is 5.56 Å². The van der Waals surface area contributed by atoms with Gasteiger partial charge in [-0.1, -0.05) is 0 Å². The van der Waals surface area contributed by atoms with Gasteiger partial charge in [0.2, 0.25) is 0 Å². The summed E-state index contributed by atoms with van der Waals surface area (Å²) in [5.41, 5.74) is 0.469. The van der Waals surface area contributed by atoms with Crippen molar-refractivity contribution in [3.8, 4) is 0 Å². The summed E-state index contributed by atoms with van der Waals surface area (Å²) in [5.74, 6) is -0.673. The van der Waals surface area contributed by atoms with Crippen LogP contribution in [0.25, 0.3) is 0 Å². The maximum Gasteiger partial charge on any atom is 0.323 e. The van der Waals surface area contributed by atoms with E-state index in [1.165, 1.54) is 25.2 Å². The Labute approximate surface area is 120 Å². The molecule has 0 atom stereocenters. The molecular formula is C13H15N5O3. The molecule has 110 valence electrons. The van der Waals surface area contributed by atoms with E-state index in [0.717, 1.165) is 10.3 Å². The molecule has 0 aromatic carbocycles. The van der Waals surface area contributed by atoms with Crippen LogP contribution in [0.15, 0.2) is 29.5 Å². The Balaban J connectivity index is 1.63. The lowest BCUT2D eigenvalue weighted by molar-refractivity contribution is -0.137. The SMILES string of the molecule is O=C(O)Cn1cnc(NCc2ccn(C3CC3)n2)cc1=O. The predicted octanol–water partition coefficient (Wildman–Crippen LogP) is 0.471. The molecule has 2 N–H and O–H groups in total. The van der Waals surface area contributed by atoms with Crippen molar-refractivity contribution < 1.29 is 9.90 Å². The molecule has 0 aliphatic heterocycles. The number of nitrogens with one attached hydrogen (secondary N) is 1. The summed E-state index contributed by atoms with van der Waals surface area (Å²) < 4.78 is 2.99. The van der Waals surface area contributed by atoms with Crippen molar-refractivity contribution in [2.45, 2.75) is 32.0 Å². The van der Waals surface area contributed by atoms with Gasteiger partial charge in [0.05, 0.1) is 18.3 Å². The number of nitrogens with zero attached hydrogens (tertiary/aromatic N) is 4. The number of rotatable bonds is 6. The molecule has 0 amide bonds. The lowest BCUT2D eigenvalue weighted by Gasteiger charge is -2.05. The normalized spacial score (nSPS) is 14.1.